The molecule has 2 aromatic rings. The summed E-state index contributed by atoms with van der Waals surface area (Å²) in [6, 6.07) is 6.00. The molecule has 0 bridgehead atoms. The fourth-order valence-electron chi connectivity index (χ4n) is 1.33. The van der Waals surface area contributed by atoms with Gasteiger partial charge in [0.15, 0.2) is 5.88 Å². The number of aromatic nitrogens is 1. The van der Waals surface area contributed by atoms with Gasteiger partial charge in [0.2, 0.25) is 0 Å². The Morgan fingerprint density at radius 3 is 2.56 bits per heavy atom. The third kappa shape index (κ3) is 2.54. The quantitative estimate of drug-likeness (QED) is 0.863. The summed E-state index contributed by atoms with van der Waals surface area (Å²) in [5.41, 5.74) is 0.148. The number of carboxylic acids is 1. The average Bonchev–Trinajstić information content (AvgIpc) is 2.75. The second-order valence-electron chi connectivity index (χ2n) is 3.60. The molecular formula is C12H10N2O4. The van der Waals surface area contributed by atoms with Gasteiger partial charge < -0.3 is 9.52 Å². The van der Waals surface area contributed by atoms with E-state index in [0.717, 1.165) is 6.20 Å². The number of pyridine rings is 1. The van der Waals surface area contributed by atoms with Gasteiger partial charge in [0.1, 0.15) is 11.5 Å². The zero-order valence-electron chi connectivity index (χ0n) is 9.51. The lowest BCUT2D eigenvalue weighted by Crippen LogP contribution is -2.13. The van der Waals surface area contributed by atoms with Crippen LogP contribution in [-0.4, -0.2) is 22.0 Å². The van der Waals surface area contributed by atoms with Crippen molar-refractivity contribution in [3.63, 3.8) is 0 Å². The van der Waals surface area contributed by atoms with Gasteiger partial charge in [0.05, 0.1) is 5.56 Å². The number of aryl methyl sites for hydroxylation is 1. The molecular weight excluding hydrogens is 236 g/mol. The van der Waals surface area contributed by atoms with Crippen LogP contribution in [0.2, 0.25) is 0 Å². The molecule has 1 amide bonds. The highest BCUT2D eigenvalue weighted by Crippen LogP contribution is 2.13. The summed E-state index contributed by atoms with van der Waals surface area (Å²) in [5, 5.41) is 11.2. The molecule has 0 radical (unpaired) electrons. The van der Waals surface area contributed by atoms with Gasteiger partial charge in [-0.2, -0.15) is 0 Å². The number of nitrogens with one attached hydrogen (secondary N) is 1. The van der Waals surface area contributed by atoms with Crippen molar-refractivity contribution < 1.29 is 19.1 Å². The molecule has 0 unspecified atom stereocenters. The van der Waals surface area contributed by atoms with Crippen LogP contribution in [0.1, 0.15) is 26.6 Å². The van der Waals surface area contributed by atoms with E-state index in [1.807, 2.05) is 0 Å². The van der Waals surface area contributed by atoms with E-state index >= 15 is 0 Å². The number of anilines is 1. The van der Waals surface area contributed by atoms with Gasteiger partial charge in [-0.15, -0.1) is 0 Å². The standard InChI is InChI=1S/C12H10N2O4/c1-7-2-5-10(18-7)14-11(15)9-4-3-8(6-13-9)12(16)17/h2-6H,1H3,(H,14,15)(H,16,17). The van der Waals surface area contributed by atoms with E-state index in [1.165, 1.54) is 12.1 Å². The summed E-state index contributed by atoms with van der Waals surface area (Å²) in [6.07, 6.45) is 1.13. The first-order chi connectivity index (χ1) is 8.56. The normalized spacial score (nSPS) is 10.1. The Labute approximate surface area is 102 Å². The minimum Gasteiger partial charge on any atom is -0.478 e. The fraction of sp³-hybridized carbons (Fsp3) is 0.0833. The first-order valence-corrected chi connectivity index (χ1v) is 5.13. The summed E-state index contributed by atoms with van der Waals surface area (Å²) < 4.78 is 5.18. The van der Waals surface area contributed by atoms with Crippen LogP contribution < -0.4 is 5.32 Å². The molecule has 0 fully saturated rings. The largest absolute Gasteiger partial charge is 0.478 e. The van der Waals surface area contributed by atoms with Crippen LogP contribution in [-0.2, 0) is 0 Å². The van der Waals surface area contributed by atoms with Gasteiger partial charge in [0, 0.05) is 12.3 Å². The molecule has 0 aliphatic carbocycles. The minimum atomic E-state index is -1.09. The molecule has 0 atom stereocenters. The van der Waals surface area contributed by atoms with Crippen LogP contribution in [0.4, 0.5) is 5.88 Å². The summed E-state index contributed by atoms with van der Waals surface area (Å²) in [4.78, 5) is 26.1. The third-order valence-electron chi connectivity index (χ3n) is 2.22. The van der Waals surface area contributed by atoms with Crippen LogP contribution in [0, 0.1) is 6.92 Å². The maximum atomic E-state index is 11.7. The first-order valence-electron chi connectivity index (χ1n) is 5.13. The number of nitrogens with zero attached hydrogens (tertiary/aromatic N) is 1. The number of hydrogen-bond acceptors (Lipinski definition) is 4. The monoisotopic (exact) mass is 246 g/mol. The van der Waals surface area contributed by atoms with Crippen molar-refractivity contribution in [2.24, 2.45) is 0 Å². The van der Waals surface area contributed by atoms with Crippen molar-refractivity contribution in [3.8, 4) is 0 Å². The van der Waals surface area contributed by atoms with Crippen LogP contribution in [0.25, 0.3) is 0 Å². The van der Waals surface area contributed by atoms with Crippen LogP contribution in [0.15, 0.2) is 34.9 Å². The molecule has 2 N–H and O–H groups in total. The van der Waals surface area contributed by atoms with E-state index in [0.29, 0.717) is 11.6 Å². The predicted molar refractivity (Wildman–Crippen MR) is 62.6 cm³/mol. The van der Waals surface area contributed by atoms with E-state index < -0.39 is 11.9 Å². The summed E-state index contributed by atoms with van der Waals surface area (Å²) in [5.74, 6) is -0.543. The first kappa shape index (κ1) is 11.8. The van der Waals surface area contributed by atoms with Crippen LogP contribution in [0.3, 0.4) is 0 Å². The predicted octanol–water partition coefficient (Wildman–Crippen LogP) is 1.93. The Morgan fingerprint density at radius 1 is 1.28 bits per heavy atom. The topological polar surface area (TPSA) is 92.4 Å². The lowest BCUT2D eigenvalue weighted by atomic mass is 10.2. The smallest absolute Gasteiger partial charge is 0.337 e. The number of hydrogen-bond donors (Lipinski definition) is 2. The third-order valence-corrected chi connectivity index (χ3v) is 2.22. The molecule has 0 saturated carbocycles. The van der Waals surface area contributed by atoms with Crippen molar-refractivity contribution in [2.45, 2.75) is 6.92 Å². The molecule has 18 heavy (non-hydrogen) atoms. The van der Waals surface area contributed by atoms with Gasteiger partial charge in [-0.05, 0) is 25.1 Å². The zero-order chi connectivity index (χ0) is 13.1. The average molecular weight is 246 g/mol. The van der Waals surface area contributed by atoms with Gasteiger partial charge in [-0.25, -0.2) is 4.79 Å². The lowest BCUT2D eigenvalue weighted by Gasteiger charge is -2.01. The Kier molecular flexibility index (Phi) is 3.09. The van der Waals surface area contributed by atoms with E-state index in [9.17, 15) is 9.59 Å². The molecule has 6 nitrogen and oxygen atoms in total. The molecule has 92 valence electrons. The maximum Gasteiger partial charge on any atom is 0.337 e. The number of carbonyl (C=O) groups excluding carboxylic acids is 1. The van der Waals surface area contributed by atoms with Crippen molar-refractivity contribution in [2.75, 3.05) is 5.32 Å². The highest BCUT2D eigenvalue weighted by Gasteiger charge is 2.11. The van der Waals surface area contributed by atoms with Crippen LogP contribution >= 0.6 is 0 Å². The highest BCUT2D eigenvalue weighted by atomic mass is 16.4. The number of carbonyl (C=O) groups is 2. The minimum absolute atomic E-state index is 0.0281. The van der Waals surface area contributed by atoms with Crippen molar-refractivity contribution in [1.29, 1.82) is 0 Å². The SMILES string of the molecule is Cc1ccc(NC(=O)c2ccc(C(=O)O)cn2)o1. The van der Waals surface area contributed by atoms with E-state index in [4.69, 9.17) is 9.52 Å². The second-order valence-corrected chi connectivity index (χ2v) is 3.60. The van der Waals surface area contributed by atoms with Gasteiger partial charge in [-0.1, -0.05) is 0 Å². The Morgan fingerprint density at radius 2 is 2.06 bits per heavy atom. The van der Waals surface area contributed by atoms with Gasteiger partial charge >= 0.3 is 5.97 Å². The zero-order valence-corrected chi connectivity index (χ0v) is 9.51. The summed E-state index contributed by atoms with van der Waals surface area (Å²) >= 11 is 0. The Hall–Kier alpha value is -2.63. The highest BCUT2D eigenvalue weighted by molar-refractivity contribution is 6.02. The fourth-order valence-corrected chi connectivity index (χ4v) is 1.33. The van der Waals surface area contributed by atoms with E-state index in [1.54, 1.807) is 19.1 Å². The van der Waals surface area contributed by atoms with E-state index in [-0.39, 0.29) is 11.3 Å². The summed E-state index contributed by atoms with van der Waals surface area (Å²) in [6.45, 7) is 1.76. The Bertz CT molecular complexity index is 586. The van der Waals surface area contributed by atoms with E-state index in [2.05, 4.69) is 10.3 Å². The number of furan rings is 1. The molecule has 0 aliphatic heterocycles. The van der Waals surface area contributed by atoms with Crippen molar-refractivity contribution in [3.05, 3.63) is 47.5 Å². The Balaban J connectivity index is 2.11. The maximum absolute atomic E-state index is 11.7. The lowest BCUT2D eigenvalue weighted by molar-refractivity contribution is 0.0695. The second kappa shape index (κ2) is 4.70. The molecule has 2 heterocycles. The molecule has 6 heteroatoms. The molecule has 0 spiro atoms. The van der Waals surface area contributed by atoms with Gasteiger partial charge in [-0.3, -0.25) is 15.1 Å². The summed E-state index contributed by atoms with van der Waals surface area (Å²) in [7, 11) is 0. The number of aromatic carboxylic acids is 1. The van der Waals surface area contributed by atoms with Crippen molar-refractivity contribution >= 4 is 17.8 Å². The number of carboxylic acid groups (broad SMARTS) is 1. The van der Waals surface area contributed by atoms with Crippen LogP contribution in [0.5, 0.6) is 0 Å². The number of rotatable bonds is 3. The molecule has 2 rings (SSSR count). The molecule has 0 aromatic carbocycles. The molecule has 0 aliphatic rings. The molecule has 2 aromatic heterocycles. The number of amides is 1. The van der Waals surface area contributed by atoms with Gasteiger partial charge in [0.25, 0.3) is 5.91 Å². The van der Waals surface area contributed by atoms with Crippen molar-refractivity contribution in [1.82, 2.24) is 4.98 Å². The molecule has 0 saturated heterocycles.